The Balaban J connectivity index is 1.43. The molecule has 34 heavy (non-hydrogen) atoms. The molecule has 0 aliphatic carbocycles. The molecule has 4 aromatic rings. The highest BCUT2D eigenvalue weighted by molar-refractivity contribution is 5.64. The van der Waals surface area contributed by atoms with Crippen molar-refractivity contribution in [1.29, 1.82) is 0 Å². The number of hydrogen-bond acceptors (Lipinski definition) is 4. The van der Waals surface area contributed by atoms with Crippen LogP contribution in [0.2, 0.25) is 0 Å². The molecule has 4 heterocycles. The SMILES string of the molecule is Cc1cn(-c2ccc(/C=C/c3nc4n(n3)CCCC4c3ccccc3C(F)(F)F)[nH]c2=O)cn1. The fourth-order valence-electron chi connectivity index (χ4n) is 4.29. The second-order valence-electron chi connectivity index (χ2n) is 8.21. The molecule has 1 N–H and O–H groups in total. The van der Waals surface area contributed by atoms with Crippen molar-refractivity contribution in [3.8, 4) is 5.69 Å². The molecular formula is C24H21F3N6O. The zero-order valence-corrected chi connectivity index (χ0v) is 18.3. The molecule has 1 atom stereocenters. The summed E-state index contributed by atoms with van der Waals surface area (Å²) in [6.45, 7) is 2.43. The van der Waals surface area contributed by atoms with Crippen molar-refractivity contribution in [2.45, 2.75) is 38.4 Å². The van der Waals surface area contributed by atoms with E-state index in [-0.39, 0.29) is 11.1 Å². The number of aromatic nitrogens is 6. The fourth-order valence-corrected chi connectivity index (χ4v) is 4.29. The number of imidazole rings is 1. The minimum Gasteiger partial charge on any atom is -0.321 e. The second kappa shape index (κ2) is 8.44. The topological polar surface area (TPSA) is 81.4 Å². The van der Waals surface area contributed by atoms with Crippen LogP contribution in [0.15, 0.2) is 53.7 Å². The molecule has 0 saturated heterocycles. The van der Waals surface area contributed by atoms with Crippen LogP contribution < -0.4 is 5.56 Å². The summed E-state index contributed by atoms with van der Waals surface area (Å²) in [5.41, 5.74) is 1.10. The largest absolute Gasteiger partial charge is 0.416 e. The van der Waals surface area contributed by atoms with Gasteiger partial charge in [0.15, 0.2) is 5.82 Å². The molecular weight excluding hydrogens is 445 g/mol. The van der Waals surface area contributed by atoms with E-state index in [1.807, 2.05) is 6.92 Å². The number of H-pyrrole nitrogens is 1. The van der Waals surface area contributed by atoms with E-state index in [0.717, 1.165) is 11.8 Å². The third-order valence-electron chi connectivity index (χ3n) is 5.85. The van der Waals surface area contributed by atoms with Crippen LogP contribution >= 0.6 is 0 Å². The first kappa shape index (κ1) is 21.9. The van der Waals surface area contributed by atoms with E-state index in [9.17, 15) is 18.0 Å². The van der Waals surface area contributed by atoms with Crippen molar-refractivity contribution in [2.24, 2.45) is 0 Å². The maximum absolute atomic E-state index is 13.6. The lowest BCUT2D eigenvalue weighted by Gasteiger charge is -2.25. The zero-order valence-electron chi connectivity index (χ0n) is 18.3. The summed E-state index contributed by atoms with van der Waals surface area (Å²) < 4.78 is 44.0. The zero-order chi connectivity index (χ0) is 23.9. The predicted molar refractivity (Wildman–Crippen MR) is 120 cm³/mol. The summed E-state index contributed by atoms with van der Waals surface area (Å²) in [5, 5.41) is 4.46. The van der Waals surface area contributed by atoms with Gasteiger partial charge in [0.1, 0.15) is 11.5 Å². The average Bonchev–Trinajstić information content (AvgIpc) is 3.43. The Bertz CT molecular complexity index is 1430. The fraction of sp³-hybridized carbons (Fsp3) is 0.250. The molecule has 10 heteroatoms. The van der Waals surface area contributed by atoms with Gasteiger partial charge in [0, 0.05) is 24.4 Å². The van der Waals surface area contributed by atoms with Crippen molar-refractivity contribution in [2.75, 3.05) is 0 Å². The smallest absolute Gasteiger partial charge is 0.321 e. The molecule has 0 amide bonds. The third-order valence-corrected chi connectivity index (χ3v) is 5.85. The quantitative estimate of drug-likeness (QED) is 0.478. The molecule has 1 aliphatic rings. The number of fused-ring (bicyclic) bond motifs is 1. The molecule has 3 aromatic heterocycles. The van der Waals surface area contributed by atoms with Gasteiger partial charge >= 0.3 is 6.18 Å². The summed E-state index contributed by atoms with van der Waals surface area (Å²) in [6, 6.07) is 9.08. The molecule has 7 nitrogen and oxygen atoms in total. The van der Waals surface area contributed by atoms with E-state index in [1.54, 1.807) is 52.1 Å². The summed E-state index contributed by atoms with van der Waals surface area (Å²) in [4.78, 5) is 23.9. The molecule has 1 unspecified atom stereocenters. The van der Waals surface area contributed by atoms with Gasteiger partial charge in [0.05, 0.1) is 17.6 Å². The number of benzene rings is 1. The molecule has 5 rings (SSSR count). The highest BCUT2D eigenvalue weighted by Crippen LogP contribution is 2.40. The van der Waals surface area contributed by atoms with E-state index in [0.29, 0.717) is 42.4 Å². The van der Waals surface area contributed by atoms with Crippen LogP contribution in [0.5, 0.6) is 0 Å². The van der Waals surface area contributed by atoms with Gasteiger partial charge in [-0.25, -0.2) is 14.6 Å². The lowest BCUT2D eigenvalue weighted by molar-refractivity contribution is -0.138. The van der Waals surface area contributed by atoms with Gasteiger partial charge in [-0.15, -0.1) is 0 Å². The summed E-state index contributed by atoms with van der Waals surface area (Å²) >= 11 is 0. The molecule has 0 radical (unpaired) electrons. The maximum Gasteiger partial charge on any atom is 0.416 e. The first-order valence-electron chi connectivity index (χ1n) is 10.8. The molecule has 174 valence electrons. The van der Waals surface area contributed by atoms with Gasteiger partial charge in [-0.3, -0.25) is 4.79 Å². The van der Waals surface area contributed by atoms with Crippen LogP contribution in [-0.4, -0.2) is 29.3 Å². The number of pyridine rings is 1. The van der Waals surface area contributed by atoms with Crippen LogP contribution in [0.25, 0.3) is 17.8 Å². The van der Waals surface area contributed by atoms with Crippen molar-refractivity contribution >= 4 is 12.2 Å². The summed E-state index contributed by atoms with van der Waals surface area (Å²) in [5.74, 6) is 0.405. The van der Waals surface area contributed by atoms with Crippen molar-refractivity contribution in [1.82, 2.24) is 29.3 Å². The first-order valence-corrected chi connectivity index (χ1v) is 10.8. The summed E-state index contributed by atoms with van der Waals surface area (Å²) in [6.07, 6.45) is 3.48. The van der Waals surface area contributed by atoms with Crippen LogP contribution in [0.1, 0.15) is 52.9 Å². The van der Waals surface area contributed by atoms with Gasteiger partial charge in [0.2, 0.25) is 0 Å². The van der Waals surface area contributed by atoms with Crippen LogP contribution in [0.3, 0.4) is 0 Å². The highest BCUT2D eigenvalue weighted by Gasteiger charge is 2.37. The minimum atomic E-state index is -4.44. The Kier molecular flexibility index (Phi) is 5.43. The highest BCUT2D eigenvalue weighted by atomic mass is 19.4. The van der Waals surface area contributed by atoms with Crippen molar-refractivity contribution < 1.29 is 13.2 Å². The van der Waals surface area contributed by atoms with Gasteiger partial charge in [-0.1, -0.05) is 18.2 Å². The number of hydrogen-bond donors (Lipinski definition) is 1. The number of halogens is 3. The molecule has 0 bridgehead atoms. The van der Waals surface area contributed by atoms with Gasteiger partial charge in [-0.05, 0) is 55.7 Å². The molecule has 0 saturated carbocycles. The third kappa shape index (κ3) is 4.18. The van der Waals surface area contributed by atoms with Crippen LogP contribution in [0, 0.1) is 6.92 Å². The van der Waals surface area contributed by atoms with Gasteiger partial charge in [0.25, 0.3) is 5.56 Å². The normalized spacial score (nSPS) is 16.2. The van der Waals surface area contributed by atoms with E-state index >= 15 is 0 Å². The number of nitrogens with zero attached hydrogens (tertiary/aromatic N) is 5. The number of aryl methyl sites for hydroxylation is 2. The van der Waals surface area contributed by atoms with Crippen LogP contribution in [0.4, 0.5) is 13.2 Å². The standard InChI is InChI=1S/C24H21F3N6O/c1-15-13-32(14-28-15)20-10-8-16(29-23(20)34)9-11-21-30-22-18(6-4-12-33(22)31-21)17-5-2-3-7-19(17)24(25,26)27/h2-3,5,7-11,13-14,18H,4,6,12H2,1H3,(H,29,34)/b11-9+. The van der Waals surface area contributed by atoms with E-state index in [4.69, 9.17) is 0 Å². The number of aromatic amines is 1. The Morgan fingerprint density at radius 1 is 1.15 bits per heavy atom. The second-order valence-corrected chi connectivity index (χ2v) is 8.21. The average molecular weight is 466 g/mol. The van der Waals surface area contributed by atoms with Gasteiger partial charge < -0.3 is 9.55 Å². The molecule has 0 spiro atoms. The lowest BCUT2D eigenvalue weighted by atomic mass is 9.88. The van der Waals surface area contributed by atoms with Crippen molar-refractivity contribution in [3.05, 3.63) is 93.4 Å². The van der Waals surface area contributed by atoms with E-state index in [1.165, 1.54) is 12.1 Å². The first-order chi connectivity index (χ1) is 16.3. The Labute approximate surface area is 192 Å². The Morgan fingerprint density at radius 3 is 2.71 bits per heavy atom. The van der Waals surface area contributed by atoms with Gasteiger partial charge in [-0.2, -0.15) is 18.3 Å². The maximum atomic E-state index is 13.6. The number of alkyl halides is 3. The molecule has 1 aromatic carbocycles. The Hall–Kier alpha value is -3.95. The number of nitrogens with one attached hydrogen (secondary N) is 1. The summed E-state index contributed by atoms with van der Waals surface area (Å²) in [7, 11) is 0. The Morgan fingerprint density at radius 2 is 1.97 bits per heavy atom. The monoisotopic (exact) mass is 466 g/mol. The van der Waals surface area contributed by atoms with Crippen LogP contribution in [-0.2, 0) is 12.7 Å². The van der Waals surface area contributed by atoms with E-state index in [2.05, 4.69) is 20.1 Å². The van der Waals surface area contributed by atoms with Crippen molar-refractivity contribution in [3.63, 3.8) is 0 Å². The predicted octanol–water partition coefficient (Wildman–Crippen LogP) is 4.58. The lowest BCUT2D eigenvalue weighted by Crippen LogP contribution is -2.21. The van der Waals surface area contributed by atoms with E-state index < -0.39 is 17.7 Å². The minimum absolute atomic E-state index is 0.216. The number of rotatable bonds is 4. The molecule has 1 aliphatic heterocycles. The molecule has 0 fully saturated rings.